The summed E-state index contributed by atoms with van der Waals surface area (Å²) in [4.78, 5) is -0.242. The molecule has 20 heavy (non-hydrogen) atoms. The van der Waals surface area contributed by atoms with Crippen molar-refractivity contribution in [1.82, 2.24) is 4.31 Å². The molecule has 1 rings (SSSR count). The quantitative estimate of drug-likeness (QED) is 0.837. The van der Waals surface area contributed by atoms with Crippen LogP contribution in [0, 0.1) is 17.6 Å². The minimum atomic E-state index is -3.84. The van der Waals surface area contributed by atoms with Gasteiger partial charge in [-0.3, -0.25) is 0 Å². The molecule has 0 radical (unpaired) electrons. The summed E-state index contributed by atoms with van der Waals surface area (Å²) in [5.41, 5.74) is 5.40. The molecule has 0 unspecified atom stereocenters. The van der Waals surface area contributed by atoms with Gasteiger partial charge in [0.2, 0.25) is 10.0 Å². The van der Waals surface area contributed by atoms with Crippen LogP contribution in [0.25, 0.3) is 0 Å². The van der Waals surface area contributed by atoms with E-state index in [1.54, 1.807) is 0 Å². The van der Waals surface area contributed by atoms with Crippen LogP contribution in [-0.4, -0.2) is 32.4 Å². The monoisotopic (exact) mass is 306 g/mol. The Hall–Kier alpha value is -1.05. The zero-order valence-corrected chi connectivity index (χ0v) is 12.5. The third-order valence-corrected chi connectivity index (χ3v) is 4.57. The van der Waals surface area contributed by atoms with Crippen LogP contribution in [0.3, 0.4) is 0 Å². The Morgan fingerprint density at radius 1 is 1.25 bits per heavy atom. The van der Waals surface area contributed by atoms with E-state index >= 15 is 0 Å². The van der Waals surface area contributed by atoms with Crippen LogP contribution >= 0.6 is 0 Å². The fourth-order valence-corrected chi connectivity index (χ4v) is 3.43. The molecule has 0 aliphatic rings. The van der Waals surface area contributed by atoms with Gasteiger partial charge in [-0.25, -0.2) is 17.2 Å². The van der Waals surface area contributed by atoms with E-state index in [0.29, 0.717) is 25.6 Å². The molecule has 0 aromatic heterocycles. The molecule has 0 amide bonds. The van der Waals surface area contributed by atoms with Gasteiger partial charge >= 0.3 is 0 Å². The van der Waals surface area contributed by atoms with Crippen LogP contribution in [0.1, 0.15) is 20.3 Å². The molecule has 114 valence electrons. The van der Waals surface area contributed by atoms with Crippen molar-refractivity contribution in [1.29, 1.82) is 0 Å². The van der Waals surface area contributed by atoms with Gasteiger partial charge in [0.15, 0.2) is 11.6 Å². The highest BCUT2D eigenvalue weighted by Crippen LogP contribution is 2.19. The lowest BCUT2D eigenvalue weighted by atomic mass is 10.2. The topological polar surface area (TPSA) is 63.4 Å². The fourth-order valence-electron chi connectivity index (χ4n) is 1.77. The fraction of sp³-hybridized carbons (Fsp3) is 0.538. The molecule has 0 spiro atoms. The smallest absolute Gasteiger partial charge is 0.243 e. The first kappa shape index (κ1) is 17.0. The lowest BCUT2D eigenvalue weighted by Gasteiger charge is -2.23. The van der Waals surface area contributed by atoms with Crippen molar-refractivity contribution in [2.45, 2.75) is 25.2 Å². The van der Waals surface area contributed by atoms with Crippen molar-refractivity contribution >= 4 is 10.0 Å². The molecule has 0 saturated heterocycles. The molecule has 0 bridgehead atoms. The number of hydrogen-bond donors (Lipinski definition) is 1. The van der Waals surface area contributed by atoms with Gasteiger partial charge in [-0.15, -0.1) is 0 Å². The second kappa shape index (κ2) is 7.10. The van der Waals surface area contributed by atoms with Crippen molar-refractivity contribution in [2.75, 3.05) is 19.6 Å². The van der Waals surface area contributed by atoms with Gasteiger partial charge in [0.1, 0.15) is 0 Å². The predicted molar refractivity (Wildman–Crippen MR) is 73.6 cm³/mol. The van der Waals surface area contributed by atoms with Gasteiger partial charge in [0.05, 0.1) is 4.90 Å². The highest BCUT2D eigenvalue weighted by atomic mass is 32.2. The summed E-state index contributed by atoms with van der Waals surface area (Å²) in [5, 5.41) is 0. The van der Waals surface area contributed by atoms with Crippen molar-refractivity contribution in [3.05, 3.63) is 29.8 Å². The molecule has 2 N–H and O–H groups in total. The second-order valence-corrected chi connectivity index (χ2v) is 6.91. The van der Waals surface area contributed by atoms with Gasteiger partial charge in [-0.05, 0) is 37.1 Å². The Morgan fingerprint density at radius 3 is 2.40 bits per heavy atom. The average Bonchev–Trinajstić information content (AvgIpc) is 2.37. The molecule has 1 aromatic rings. The molecular weight excluding hydrogens is 286 g/mol. The van der Waals surface area contributed by atoms with Crippen molar-refractivity contribution < 1.29 is 17.2 Å². The number of halogens is 2. The molecule has 0 heterocycles. The van der Waals surface area contributed by atoms with E-state index in [4.69, 9.17) is 5.73 Å². The zero-order valence-electron chi connectivity index (χ0n) is 11.6. The van der Waals surface area contributed by atoms with Gasteiger partial charge in [0, 0.05) is 13.1 Å². The number of rotatable bonds is 7. The Bertz CT molecular complexity index is 547. The number of nitrogens with zero attached hydrogens (tertiary/aromatic N) is 1. The summed E-state index contributed by atoms with van der Waals surface area (Å²) in [7, 11) is -3.84. The molecule has 0 aliphatic heterocycles. The highest BCUT2D eigenvalue weighted by Gasteiger charge is 2.25. The van der Waals surface area contributed by atoms with E-state index < -0.39 is 21.7 Å². The standard InChI is InChI=1S/C13H20F2N2O2S/c1-10(2)9-17(7-3-6-16)20(18,19)11-4-5-12(14)13(15)8-11/h4-5,8,10H,3,6-7,9,16H2,1-2H3. The summed E-state index contributed by atoms with van der Waals surface area (Å²) in [6, 6.07) is 2.60. The van der Waals surface area contributed by atoms with E-state index in [-0.39, 0.29) is 17.4 Å². The average molecular weight is 306 g/mol. The van der Waals surface area contributed by atoms with Crippen LogP contribution in [0.15, 0.2) is 23.1 Å². The molecule has 0 fully saturated rings. The third-order valence-electron chi connectivity index (χ3n) is 2.71. The molecule has 7 heteroatoms. The van der Waals surface area contributed by atoms with E-state index in [1.165, 1.54) is 4.31 Å². The van der Waals surface area contributed by atoms with Crippen LogP contribution in [0.5, 0.6) is 0 Å². The third kappa shape index (κ3) is 4.22. The first-order chi connectivity index (χ1) is 9.28. The number of benzene rings is 1. The Kier molecular flexibility index (Phi) is 6.04. The molecule has 0 saturated carbocycles. The minimum absolute atomic E-state index is 0.118. The molecule has 1 aromatic carbocycles. The van der Waals surface area contributed by atoms with Gasteiger partial charge in [-0.1, -0.05) is 13.8 Å². The lowest BCUT2D eigenvalue weighted by molar-refractivity contribution is 0.364. The maximum atomic E-state index is 13.2. The largest absolute Gasteiger partial charge is 0.330 e. The normalized spacial score (nSPS) is 12.3. The van der Waals surface area contributed by atoms with Gasteiger partial charge < -0.3 is 5.73 Å². The molecule has 0 aliphatic carbocycles. The first-order valence-corrected chi connectivity index (χ1v) is 7.88. The summed E-state index contributed by atoms with van der Waals surface area (Å²) in [5.74, 6) is -2.12. The molecule has 0 atom stereocenters. The summed E-state index contributed by atoms with van der Waals surface area (Å²) < 4.78 is 52.2. The maximum Gasteiger partial charge on any atom is 0.243 e. The van der Waals surface area contributed by atoms with E-state index in [9.17, 15) is 17.2 Å². The Labute approximate surface area is 118 Å². The maximum absolute atomic E-state index is 13.2. The van der Waals surface area contributed by atoms with Gasteiger partial charge in [-0.2, -0.15) is 4.31 Å². The van der Waals surface area contributed by atoms with E-state index in [1.807, 2.05) is 13.8 Å². The Balaban J connectivity index is 3.10. The first-order valence-electron chi connectivity index (χ1n) is 6.44. The van der Waals surface area contributed by atoms with Crippen molar-refractivity contribution in [2.24, 2.45) is 11.7 Å². The molecule has 4 nitrogen and oxygen atoms in total. The number of nitrogens with two attached hydrogens (primary N) is 1. The van der Waals surface area contributed by atoms with Gasteiger partial charge in [0.25, 0.3) is 0 Å². The van der Waals surface area contributed by atoms with E-state index in [2.05, 4.69) is 0 Å². The lowest BCUT2D eigenvalue weighted by Crippen LogP contribution is -2.36. The van der Waals surface area contributed by atoms with Crippen LogP contribution in [-0.2, 0) is 10.0 Å². The summed E-state index contributed by atoms with van der Waals surface area (Å²) in [6.07, 6.45) is 0.510. The van der Waals surface area contributed by atoms with Crippen LogP contribution < -0.4 is 5.73 Å². The van der Waals surface area contributed by atoms with Crippen LogP contribution in [0.2, 0.25) is 0 Å². The number of sulfonamides is 1. The van der Waals surface area contributed by atoms with Crippen molar-refractivity contribution in [3.63, 3.8) is 0 Å². The highest BCUT2D eigenvalue weighted by molar-refractivity contribution is 7.89. The summed E-state index contributed by atoms with van der Waals surface area (Å²) in [6.45, 7) is 4.70. The minimum Gasteiger partial charge on any atom is -0.330 e. The van der Waals surface area contributed by atoms with Crippen molar-refractivity contribution in [3.8, 4) is 0 Å². The molecular formula is C13H20F2N2O2S. The Morgan fingerprint density at radius 2 is 1.90 bits per heavy atom. The SMILES string of the molecule is CC(C)CN(CCCN)S(=O)(=O)c1ccc(F)c(F)c1. The number of hydrogen-bond acceptors (Lipinski definition) is 3. The summed E-state index contributed by atoms with van der Waals surface area (Å²) >= 11 is 0. The van der Waals surface area contributed by atoms with E-state index in [0.717, 1.165) is 12.1 Å². The second-order valence-electron chi connectivity index (χ2n) is 4.98. The van der Waals surface area contributed by atoms with Crippen LogP contribution in [0.4, 0.5) is 8.78 Å². The zero-order chi connectivity index (χ0) is 15.3. The predicted octanol–water partition coefficient (Wildman–Crippen LogP) is 1.96.